The molecule has 3 nitrogen and oxygen atoms in total. The van der Waals surface area contributed by atoms with E-state index in [1.807, 2.05) is 27.7 Å². The summed E-state index contributed by atoms with van der Waals surface area (Å²) in [6, 6.07) is 2.15. The molecule has 0 aromatic carbocycles. The number of hydrogen-bond donors (Lipinski definition) is 0. The summed E-state index contributed by atoms with van der Waals surface area (Å²) in [7, 11) is -0.625. The van der Waals surface area contributed by atoms with Gasteiger partial charge < -0.3 is 13.7 Å². The van der Waals surface area contributed by atoms with Crippen LogP contribution in [0.4, 0.5) is 4.39 Å². The summed E-state index contributed by atoms with van der Waals surface area (Å²) >= 11 is 0. The van der Waals surface area contributed by atoms with E-state index in [4.69, 9.17) is 13.7 Å². The Bertz CT molecular complexity index is 356. The molecule has 0 bridgehead atoms. The minimum Gasteiger partial charge on any atom is -0.440 e. The van der Waals surface area contributed by atoms with Crippen molar-refractivity contribution in [3.63, 3.8) is 0 Å². The van der Waals surface area contributed by atoms with Gasteiger partial charge in [-0.3, -0.25) is 0 Å². The summed E-state index contributed by atoms with van der Waals surface area (Å²) in [5, 5.41) is 0. The third-order valence-corrected chi connectivity index (χ3v) is 3.08. The molecule has 0 N–H and O–H groups in total. The van der Waals surface area contributed by atoms with Gasteiger partial charge in [-0.15, -0.1) is 0 Å². The zero-order valence-corrected chi connectivity index (χ0v) is 9.33. The maximum atomic E-state index is 12.7. The lowest BCUT2D eigenvalue weighted by Crippen LogP contribution is -2.41. The lowest BCUT2D eigenvalue weighted by molar-refractivity contribution is 0.00578. The van der Waals surface area contributed by atoms with Gasteiger partial charge in [-0.1, -0.05) is 0 Å². The van der Waals surface area contributed by atoms with Crippen molar-refractivity contribution in [2.24, 2.45) is 0 Å². The van der Waals surface area contributed by atoms with Gasteiger partial charge in [0.25, 0.3) is 6.01 Å². The standard InChI is InChI=1S/C10H14BFO3/c1-9(2)10(3,4)15-11(14-9)7-5-6-8(12)13-7/h5-6H,1-4H3. The van der Waals surface area contributed by atoms with Crippen LogP contribution in [-0.2, 0) is 9.31 Å². The monoisotopic (exact) mass is 212 g/mol. The highest BCUT2D eigenvalue weighted by Gasteiger charge is 2.53. The summed E-state index contributed by atoms with van der Waals surface area (Å²) in [6.07, 6.45) is 0. The van der Waals surface area contributed by atoms with Crippen LogP contribution < -0.4 is 5.66 Å². The average Bonchev–Trinajstić information content (AvgIpc) is 2.56. The van der Waals surface area contributed by atoms with E-state index < -0.39 is 24.3 Å². The molecule has 0 saturated carbocycles. The van der Waals surface area contributed by atoms with Gasteiger partial charge in [-0.05, 0) is 33.8 Å². The van der Waals surface area contributed by atoms with Crippen molar-refractivity contribution in [1.29, 1.82) is 0 Å². The maximum Gasteiger partial charge on any atom is 0.532 e. The van der Waals surface area contributed by atoms with Crippen LogP contribution in [0, 0.1) is 6.01 Å². The fourth-order valence-electron chi connectivity index (χ4n) is 1.41. The highest BCUT2D eigenvalue weighted by atomic mass is 19.1. The largest absolute Gasteiger partial charge is 0.532 e. The van der Waals surface area contributed by atoms with Crippen LogP contribution in [0.5, 0.6) is 0 Å². The van der Waals surface area contributed by atoms with Crippen molar-refractivity contribution in [2.75, 3.05) is 0 Å². The van der Waals surface area contributed by atoms with Crippen LogP contribution >= 0.6 is 0 Å². The van der Waals surface area contributed by atoms with E-state index in [-0.39, 0.29) is 0 Å². The van der Waals surface area contributed by atoms with Crippen molar-refractivity contribution in [3.05, 3.63) is 18.1 Å². The molecule has 5 heteroatoms. The van der Waals surface area contributed by atoms with Gasteiger partial charge in [0.05, 0.1) is 11.2 Å². The van der Waals surface area contributed by atoms with Crippen molar-refractivity contribution in [3.8, 4) is 0 Å². The Morgan fingerprint density at radius 3 is 2.00 bits per heavy atom. The molecule has 2 rings (SSSR count). The van der Waals surface area contributed by atoms with Gasteiger partial charge in [-0.25, -0.2) is 0 Å². The first-order valence-corrected chi connectivity index (χ1v) is 4.93. The Morgan fingerprint density at radius 1 is 1.07 bits per heavy atom. The second-order valence-electron chi connectivity index (χ2n) is 4.73. The Balaban J connectivity index is 2.23. The highest BCUT2D eigenvalue weighted by Crippen LogP contribution is 2.36. The lowest BCUT2D eigenvalue weighted by Gasteiger charge is -2.32. The smallest absolute Gasteiger partial charge is 0.440 e. The maximum absolute atomic E-state index is 12.7. The summed E-state index contributed by atoms with van der Waals surface area (Å²) in [6.45, 7) is 7.75. The zero-order valence-electron chi connectivity index (χ0n) is 9.33. The molecule has 1 aromatic heterocycles. The number of furan rings is 1. The summed E-state index contributed by atoms with van der Waals surface area (Å²) in [5.41, 5.74) is -0.492. The van der Waals surface area contributed by atoms with Crippen molar-refractivity contribution >= 4 is 12.8 Å². The molecule has 1 aliphatic heterocycles. The first kappa shape index (κ1) is 10.7. The van der Waals surface area contributed by atoms with Crippen LogP contribution in [0.3, 0.4) is 0 Å². The zero-order chi connectivity index (χ0) is 11.3. The molecule has 82 valence electrons. The third-order valence-electron chi connectivity index (χ3n) is 3.08. The van der Waals surface area contributed by atoms with E-state index in [2.05, 4.69) is 0 Å². The van der Waals surface area contributed by atoms with Crippen molar-refractivity contribution in [2.45, 2.75) is 38.9 Å². The number of halogens is 1. The molecule has 0 aliphatic carbocycles. The summed E-state index contributed by atoms with van der Waals surface area (Å²) in [5.74, 6) is 0. The summed E-state index contributed by atoms with van der Waals surface area (Å²) in [4.78, 5) is 0. The predicted octanol–water partition coefficient (Wildman–Crippen LogP) is 1.72. The van der Waals surface area contributed by atoms with Gasteiger partial charge in [0.1, 0.15) is 5.66 Å². The summed E-state index contributed by atoms with van der Waals surface area (Å²) < 4.78 is 28.9. The van der Waals surface area contributed by atoms with Gasteiger partial charge in [-0.2, -0.15) is 4.39 Å². The predicted molar refractivity (Wildman–Crippen MR) is 54.4 cm³/mol. The van der Waals surface area contributed by atoms with Crippen LogP contribution in [0.1, 0.15) is 27.7 Å². The van der Waals surface area contributed by atoms with Crippen molar-refractivity contribution < 1.29 is 18.1 Å². The van der Waals surface area contributed by atoms with Gasteiger partial charge in [0, 0.05) is 6.07 Å². The first-order valence-electron chi connectivity index (χ1n) is 4.93. The minimum atomic E-state index is -0.625. The average molecular weight is 212 g/mol. The van der Waals surface area contributed by atoms with Crippen LogP contribution in [-0.4, -0.2) is 18.3 Å². The Morgan fingerprint density at radius 2 is 1.60 bits per heavy atom. The minimum absolute atomic E-state index is 0.367. The Kier molecular flexibility index (Phi) is 2.21. The molecule has 0 unspecified atom stereocenters. The van der Waals surface area contributed by atoms with Gasteiger partial charge in [0.15, 0.2) is 0 Å². The molecule has 0 spiro atoms. The molecule has 0 amide bonds. The van der Waals surface area contributed by atoms with E-state index in [0.29, 0.717) is 5.66 Å². The fourth-order valence-corrected chi connectivity index (χ4v) is 1.41. The van der Waals surface area contributed by atoms with Crippen LogP contribution in [0.15, 0.2) is 16.5 Å². The first-order chi connectivity index (χ1) is 6.82. The molecular formula is C10H14BFO3. The molecule has 15 heavy (non-hydrogen) atoms. The molecule has 1 aromatic rings. The SMILES string of the molecule is CC1(C)OB(c2ccc(F)o2)OC1(C)C. The topological polar surface area (TPSA) is 31.6 Å². The molecule has 0 atom stereocenters. The van der Waals surface area contributed by atoms with Gasteiger partial charge in [0.2, 0.25) is 0 Å². The van der Waals surface area contributed by atoms with Crippen LogP contribution in [0.2, 0.25) is 0 Å². The number of rotatable bonds is 1. The molecule has 1 saturated heterocycles. The molecule has 1 aliphatic rings. The quantitative estimate of drug-likeness (QED) is 0.664. The van der Waals surface area contributed by atoms with Gasteiger partial charge >= 0.3 is 7.12 Å². The second kappa shape index (κ2) is 3.09. The Hall–Kier alpha value is -0.805. The number of hydrogen-bond acceptors (Lipinski definition) is 3. The van der Waals surface area contributed by atoms with E-state index >= 15 is 0 Å². The fraction of sp³-hybridized carbons (Fsp3) is 0.600. The van der Waals surface area contributed by atoms with E-state index in [1.165, 1.54) is 12.1 Å². The highest BCUT2D eigenvalue weighted by molar-refractivity contribution is 6.60. The van der Waals surface area contributed by atoms with E-state index in [1.54, 1.807) is 0 Å². The van der Waals surface area contributed by atoms with Crippen molar-refractivity contribution in [1.82, 2.24) is 0 Å². The van der Waals surface area contributed by atoms with E-state index in [0.717, 1.165) is 0 Å². The lowest BCUT2D eigenvalue weighted by atomic mass is 9.86. The molecule has 2 heterocycles. The molecule has 1 fully saturated rings. The Labute approximate surface area is 88.7 Å². The molecule has 0 radical (unpaired) electrons. The molecular weight excluding hydrogens is 198 g/mol. The normalized spacial score (nSPS) is 23.4. The third kappa shape index (κ3) is 1.70. The second-order valence-corrected chi connectivity index (χ2v) is 4.73. The van der Waals surface area contributed by atoms with Crippen LogP contribution in [0.25, 0.3) is 0 Å². The van der Waals surface area contributed by atoms with E-state index in [9.17, 15) is 4.39 Å².